The van der Waals surface area contributed by atoms with E-state index < -0.39 is 0 Å². The molecule has 3 rings (SSSR count). The molecule has 2 N–H and O–H groups in total. The highest BCUT2D eigenvalue weighted by molar-refractivity contribution is 6.30. The summed E-state index contributed by atoms with van der Waals surface area (Å²) in [5, 5.41) is 12.2. The zero-order valence-corrected chi connectivity index (χ0v) is 10.4. The Morgan fingerprint density at radius 2 is 1.94 bits per heavy atom. The van der Waals surface area contributed by atoms with Crippen molar-refractivity contribution in [2.24, 2.45) is 0 Å². The van der Waals surface area contributed by atoms with Crippen molar-refractivity contribution in [2.45, 2.75) is 6.54 Å². The molecule has 0 amide bonds. The molecule has 0 radical (unpaired) electrons. The quantitative estimate of drug-likeness (QED) is 0.749. The van der Waals surface area contributed by atoms with Crippen LogP contribution in [0.25, 0.3) is 10.9 Å². The molecule has 0 saturated carbocycles. The summed E-state index contributed by atoms with van der Waals surface area (Å²) in [5.41, 5.74) is 3.33. The van der Waals surface area contributed by atoms with E-state index in [1.807, 2.05) is 42.6 Å². The molecule has 0 bridgehead atoms. The number of nitrogens with one attached hydrogen (secondary N) is 2. The monoisotopic (exact) mass is 257 g/mol. The molecule has 0 unspecified atom stereocenters. The second-order valence-corrected chi connectivity index (χ2v) is 4.59. The fraction of sp³-hybridized carbons (Fsp3) is 0.0714. The van der Waals surface area contributed by atoms with E-state index in [1.54, 1.807) is 0 Å². The second kappa shape index (κ2) is 4.70. The molecule has 0 aliphatic rings. The average molecular weight is 258 g/mol. The van der Waals surface area contributed by atoms with Crippen molar-refractivity contribution in [1.82, 2.24) is 10.2 Å². The number of anilines is 1. The van der Waals surface area contributed by atoms with E-state index in [0.29, 0.717) is 0 Å². The highest BCUT2D eigenvalue weighted by Crippen LogP contribution is 2.17. The summed E-state index contributed by atoms with van der Waals surface area (Å²) >= 11 is 5.85. The van der Waals surface area contributed by atoms with Crippen molar-refractivity contribution in [3.8, 4) is 0 Å². The predicted molar refractivity (Wildman–Crippen MR) is 74.9 cm³/mol. The van der Waals surface area contributed by atoms with Crippen molar-refractivity contribution in [3.05, 3.63) is 59.2 Å². The Bertz CT molecular complexity index is 658. The van der Waals surface area contributed by atoms with Gasteiger partial charge in [0.25, 0.3) is 0 Å². The summed E-state index contributed by atoms with van der Waals surface area (Å²) in [7, 11) is 0. The molecule has 18 heavy (non-hydrogen) atoms. The number of fused-ring (bicyclic) bond motifs is 1. The van der Waals surface area contributed by atoms with Gasteiger partial charge in [0.2, 0.25) is 0 Å². The van der Waals surface area contributed by atoms with E-state index >= 15 is 0 Å². The number of halogens is 1. The van der Waals surface area contributed by atoms with Gasteiger partial charge in [-0.2, -0.15) is 5.10 Å². The maximum atomic E-state index is 5.85. The zero-order valence-electron chi connectivity index (χ0n) is 9.65. The molecule has 2 aromatic carbocycles. The van der Waals surface area contributed by atoms with E-state index in [2.05, 4.69) is 21.6 Å². The predicted octanol–water partition coefficient (Wildman–Crippen LogP) is 3.83. The molecule has 0 aliphatic heterocycles. The number of hydrogen-bond donors (Lipinski definition) is 2. The van der Waals surface area contributed by atoms with Gasteiger partial charge in [-0.15, -0.1) is 0 Å². The number of aromatic amines is 1. The fourth-order valence-electron chi connectivity index (χ4n) is 1.86. The smallest absolute Gasteiger partial charge is 0.0651 e. The van der Waals surface area contributed by atoms with Gasteiger partial charge in [-0.1, -0.05) is 23.7 Å². The first-order chi connectivity index (χ1) is 8.81. The molecule has 90 valence electrons. The SMILES string of the molecule is Clc1ccc(CNc2ccc3[nH]ncc3c2)cc1. The Hall–Kier alpha value is -2.00. The van der Waals surface area contributed by atoms with Crippen LogP contribution in [0.5, 0.6) is 0 Å². The Labute approximate surface area is 110 Å². The van der Waals surface area contributed by atoms with Crippen molar-refractivity contribution in [2.75, 3.05) is 5.32 Å². The van der Waals surface area contributed by atoms with E-state index in [-0.39, 0.29) is 0 Å². The molecule has 0 aliphatic carbocycles. The standard InChI is InChI=1S/C14H12ClN3/c15-12-3-1-10(2-4-12)8-16-13-5-6-14-11(7-13)9-17-18-14/h1-7,9,16H,8H2,(H,17,18). The van der Waals surface area contributed by atoms with Gasteiger partial charge in [-0.05, 0) is 35.9 Å². The van der Waals surface area contributed by atoms with Crippen LogP contribution >= 0.6 is 11.6 Å². The number of rotatable bonds is 3. The zero-order chi connectivity index (χ0) is 12.4. The molecular weight excluding hydrogens is 246 g/mol. The third-order valence-electron chi connectivity index (χ3n) is 2.85. The molecule has 4 heteroatoms. The maximum absolute atomic E-state index is 5.85. The molecule has 0 atom stereocenters. The van der Waals surface area contributed by atoms with Crippen molar-refractivity contribution < 1.29 is 0 Å². The highest BCUT2D eigenvalue weighted by Gasteiger charge is 1.98. The summed E-state index contributed by atoms with van der Waals surface area (Å²) in [5.74, 6) is 0. The first-order valence-corrected chi connectivity index (χ1v) is 6.10. The molecule has 0 saturated heterocycles. The van der Waals surface area contributed by atoms with Crippen LogP contribution in [0.4, 0.5) is 5.69 Å². The number of nitrogens with zero attached hydrogens (tertiary/aromatic N) is 1. The lowest BCUT2D eigenvalue weighted by Crippen LogP contribution is -1.98. The number of aromatic nitrogens is 2. The summed E-state index contributed by atoms with van der Waals surface area (Å²) in [4.78, 5) is 0. The van der Waals surface area contributed by atoms with Crippen LogP contribution < -0.4 is 5.32 Å². The van der Waals surface area contributed by atoms with Gasteiger partial charge in [0.1, 0.15) is 0 Å². The molecule has 0 fully saturated rings. The Morgan fingerprint density at radius 3 is 2.78 bits per heavy atom. The van der Waals surface area contributed by atoms with Crippen molar-refractivity contribution in [3.63, 3.8) is 0 Å². The van der Waals surface area contributed by atoms with Crippen LogP contribution in [0.2, 0.25) is 5.02 Å². The summed E-state index contributed by atoms with van der Waals surface area (Å²) < 4.78 is 0. The molecule has 3 aromatic rings. The largest absolute Gasteiger partial charge is 0.381 e. The van der Waals surface area contributed by atoms with Crippen molar-refractivity contribution >= 4 is 28.2 Å². The molecule has 1 heterocycles. The van der Waals surface area contributed by atoms with Gasteiger partial charge in [-0.3, -0.25) is 5.10 Å². The van der Waals surface area contributed by atoms with Crippen LogP contribution in [0.3, 0.4) is 0 Å². The van der Waals surface area contributed by atoms with Gasteiger partial charge in [0, 0.05) is 22.6 Å². The summed E-state index contributed by atoms with van der Waals surface area (Å²) in [6, 6.07) is 14.0. The van der Waals surface area contributed by atoms with Crippen LogP contribution in [-0.4, -0.2) is 10.2 Å². The number of hydrogen-bond acceptors (Lipinski definition) is 2. The summed E-state index contributed by atoms with van der Waals surface area (Å²) in [6.45, 7) is 0.778. The minimum atomic E-state index is 0.763. The second-order valence-electron chi connectivity index (χ2n) is 4.15. The molecular formula is C14H12ClN3. The first-order valence-electron chi connectivity index (χ1n) is 5.73. The topological polar surface area (TPSA) is 40.7 Å². The molecule has 0 spiro atoms. The number of benzene rings is 2. The van der Waals surface area contributed by atoms with Gasteiger partial charge in [-0.25, -0.2) is 0 Å². The van der Waals surface area contributed by atoms with Gasteiger partial charge >= 0.3 is 0 Å². The van der Waals surface area contributed by atoms with E-state index in [4.69, 9.17) is 11.6 Å². The Morgan fingerprint density at radius 1 is 1.11 bits per heavy atom. The molecule has 1 aromatic heterocycles. The van der Waals surface area contributed by atoms with Crippen LogP contribution in [0.1, 0.15) is 5.56 Å². The fourth-order valence-corrected chi connectivity index (χ4v) is 1.99. The van der Waals surface area contributed by atoms with E-state index in [1.165, 1.54) is 5.56 Å². The third kappa shape index (κ3) is 2.31. The first kappa shape index (κ1) is 11.1. The van der Waals surface area contributed by atoms with Crippen molar-refractivity contribution in [1.29, 1.82) is 0 Å². The average Bonchev–Trinajstić information content (AvgIpc) is 2.85. The van der Waals surface area contributed by atoms with Gasteiger partial charge < -0.3 is 5.32 Å². The lowest BCUT2D eigenvalue weighted by atomic mass is 10.2. The van der Waals surface area contributed by atoms with Crippen LogP contribution in [0, 0.1) is 0 Å². The van der Waals surface area contributed by atoms with Gasteiger partial charge in [0.15, 0.2) is 0 Å². The lowest BCUT2D eigenvalue weighted by Gasteiger charge is -2.06. The Kier molecular flexibility index (Phi) is 2.90. The number of H-pyrrole nitrogens is 1. The third-order valence-corrected chi connectivity index (χ3v) is 3.10. The minimum Gasteiger partial charge on any atom is -0.381 e. The minimum absolute atomic E-state index is 0.763. The van der Waals surface area contributed by atoms with E-state index in [9.17, 15) is 0 Å². The van der Waals surface area contributed by atoms with Crippen LogP contribution in [0.15, 0.2) is 48.7 Å². The lowest BCUT2D eigenvalue weighted by molar-refractivity contribution is 1.12. The summed E-state index contributed by atoms with van der Waals surface area (Å²) in [6.07, 6.45) is 1.82. The Balaban J connectivity index is 1.74. The maximum Gasteiger partial charge on any atom is 0.0651 e. The van der Waals surface area contributed by atoms with Crippen LogP contribution in [-0.2, 0) is 6.54 Å². The van der Waals surface area contributed by atoms with Gasteiger partial charge in [0.05, 0.1) is 11.7 Å². The highest BCUT2D eigenvalue weighted by atomic mass is 35.5. The van der Waals surface area contributed by atoms with E-state index in [0.717, 1.165) is 28.2 Å². The molecule has 3 nitrogen and oxygen atoms in total. The normalized spacial score (nSPS) is 10.7.